The molecule has 0 amide bonds. The molecule has 27 heavy (non-hydrogen) atoms. The second kappa shape index (κ2) is 7.18. The zero-order valence-electron chi connectivity index (χ0n) is 16.1. The fourth-order valence-electron chi connectivity index (χ4n) is 4.14. The fourth-order valence-corrected chi connectivity index (χ4v) is 4.14. The minimum atomic E-state index is 0.172. The standard InChI is InChI=1S/C23H27NO3/c1-14(2)13-27-16-8-9-20-19(12-16)17-5-4-6-18(17)23(24-20)15-7-10-21(25)22(11-15)26-3/h4-5,7-12,14,17-18,23-25H,6,13H2,1-3H3. The minimum absolute atomic E-state index is 0.172. The van der Waals surface area contributed by atoms with Crippen molar-refractivity contribution in [1.82, 2.24) is 0 Å². The molecular weight excluding hydrogens is 338 g/mol. The quantitative estimate of drug-likeness (QED) is 0.710. The molecule has 0 saturated heterocycles. The molecule has 0 aromatic heterocycles. The molecule has 2 aromatic carbocycles. The van der Waals surface area contributed by atoms with E-state index in [1.54, 1.807) is 13.2 Å². The van der Waals surface area contributed by atoms with E-state index in [1.165, 1.54) is 5.56 Å². The number of phenols is 1. The van der Waals surface area contributed by atoms with Crippen molar-refractivity contribution in [3.05, 3.63) is 59.7 Å². The summed E-state index contributed by atoms with van der Waals surface area (Å²) in [6, 6.07) is 12.2. The van der Waals surface area contributed by atoms with Crippen LogP contribution in [-0.2, 0) is 0 Å². The van der Waals surface area contributed by atoms with Gasteiger partial charge in [0.2, 0.25) is 0 Å². The van der Waals surface area contributed by atoms with Crippen LogP contribution >= 0.6 is 0 Å². The third-order valence-corrected chi connectivity index (χ3v) is 5.48. The first-order valence-corrected chi connectivity index (χ1v) is 9.63. The molecule has 4 rings (SSSR count). The first-order chi connectivity index (χ1) is 13.1. The summed E-state index contributed by atoms with van der Waals surface area (Å²) in [5, 5.41) is 13.6. The largest absolute Gasteiger partial charge is 0.504 e. The lowest BCUT2D eigenvalue weighted by atomic mass is 9.77. The summed E-state index contributed by atoms with van der Waals surface area (Å²) < 4.78 is 11.2. The molecule has 3 atom stereocenters. The molecule has 1 heterocycles. The molecule has 0 saturated carbocycles. The van der Waals surface area contributed by atoms with Crippen molar-refractivity contribution in [3.8, 4) is 17.2 Å². The smallest absolute Gasteiger partial charge is 0.160 e. The van der Waals surface area contributed by atoms with Crippen LogP contribution in [0.5, 0.6) is 17.2 Å². The van der Waals surface area contributed by atoms with E-state index in [1.807, 2.05) is 18.2 Å². The predicted octanol–water partition coefficient (Wildman–Crippen LogP) is 5.26. The second-order valence-electron chi connectivity index (χ2n) is 7.86. The van der Waals surface area contributed by atoms with Crippen LogP contribution < -0.4 is 14.8 Å². The average Bonchev–Trinajstić information content (AvgIpc) is 3.16. The minimum Gasteiger partial charge on any atom is -0.504 e. The molecule has 2 aliphatic rings. The number of allylic oxidation sites excluding steroid dienone is 2. The molecule has 4 nitrogen and oxygen atoms in total. The molecule has 1 aliphatic heterocycles. The molecule has 0 radical (unpaired) electrons. The van der Waals surface area contributed by atoms with E-state index in [4.69, 9.17) is 9.47 Å². The van der Waals surface area contributed by atoms with E-state index in [0.29, 0.717) is 23.5 Å². The highest BCUT2D eigenvalue weighted by atomic mass is 16.5. The summed E-state index contributed by atoms with van der Waals surface area (Å²) in [5.41, 5.74) is 3.59. The SMILES string of the molecule is COc1cc(C2Nc3ccc(OCC(C)C)cc3C3C=CCC32)ccc1O. The number of methoxy groups -OCH3 is 1. The fraction of sp³-hybridized carbons (Fsp3) is 0.391. The third kappa shape index (κ3) is 3.36. The summed E-state index contributed by atoms with van der Waals surface area (Å²) in [6.45, 7) is 5.05. The molecule has 4 heteroatoms. The Labute approximate surface area is 160 Å². The maximum atomic E-state index is 9.93. The van der Waals surface area contributed by atoms with Crippen molar-refractivity contribution in [3.63, 3.8) is 0 Å². The number of benzene rings is 2. The van der Waals surface area contributed by atoms with Crippen LogP contribution in [0.4, 0.5) is 5.69 Å². The van der Waals surface area contributed by atoms with Crippen molar-refractivity contribution in [2.24, 2.45) is 11.8 Å². The number of rotatable bonds is 5. The summed E-state index contributed by atoms with van der Waals surface area (Å²) >= 11 is 0. The number of hydrogen-bond donors (Lipinski definition) is 2. The van der Waals surface area contributed by atoms with Gasteiger partial charge in [-0.1, -0.05) is 32.1 Å². The number of anilines is 1. The average molecular weight is 365 g/mol. The molecule has 0 spiro atoms. The van der Waals surface area contributed by atoms with E-state index in [9.17, 15) is 5.11 Å². The molecule has 0 bridgehead atoms. The Kier molecular flexibility index (Phi) is 4.73. The molecule has 142 valence electrons. The molecule has 2 aromatic rings. The molecule has 1 aliphatic carbocycles. The summed E-state index contributed by atoms with van der Waals surface area (Å²) in [5.74, 6) is 2.94. The Balaban J connectivity index is 1.66. The highest BCUT2D eigenvalue weighted by molar-refractivity contribution is 5.62. The van der Waals surface area contributed by atoms with Crippen LogP contribution in [-0.4, -0.2) is 18.8 Å². The van der Waals surface area contributed by atoms with E-state index in [0.717, 1.165) is 30.0 Å². The van der Waals surface area contributed by atoms with Gasteiger partial charge in [0.25, 0.3) is 0 Å². The normalized spacial score (nSPS) is 22.9. The summed E-state index contributed by atoms with van der Waals surface area (Å²) in [4.78, 5) is 0. The number of fused-ring (bicyclic) bond motifs is 3. The first kappa shape index (κ1) is 17.8. The van der Waals surface area contributed by atoms with Gasteiger partial charge in [0.05, 0.1) is 19.8 Å². The van der Waals surface area contributed by atoms with Crippen molar-refractivity contribution < 1.29 is 14.6 Å². The zero-order valence-corrected chi connectivity index (χ0v) is 16.1. The Morgan fingerprint density at radius 1 is 1.19 bits per heavy atom. The number of phenolic OH excluding ortho intramolecular Hbond substituents is 1. The van der Waals surface area contributed by atoms with Crippen molar-refractivity contribution in [2.45, 2.75) is 32.2 Å². The van der Waals surface area contributed by atoms with Crippen LogP contribution in [0.15, 0.2) is 48.6 Å². The van der Waals surface area contributed by atoms with Crippen molar-refractivity contribution in [2.75, 3.05) is 19.0 Å². The van der Waals surface area contributed by atoms with Crippen LogP contribution in [0, 0.1) is 11.8 Å². The van der Waals surface area contributed by atoms with Gasteiger partial charge in [-0.3, -0.25) is 0 Å². The Bertz CT molecular complexity index is 859. The van der Waals surface area contributed by atoms with Gasteiger partial charge in [-0.05, 0) is 59.7 Å². The van der Waals surface area contributed by atoms with Crippen molar-refractivity contribution in [1.29, 1.82) is 0 Å². The summed E-state index contributed by atoms with van der Waals surface area (Å²) in [7, 11) is 1.58. The van der Waals surface area contributed by atoms with Gasteiger partial charge in [0, 0.05) is 11.6 Å². The van der Waals surface area contributed by atoms with Crippen LogP contribution in [0.25, 0.3) is 0 Å². The highest BCUT2D eigenvalue weighted by Crippen LogP contribution is 2.51. The molecule has 0 fully saturated rings. The number of aromatic hydroxyl groups is 1. The van der Waals surface area contributed by atoms with Crippen molar-refractivity contribution >= 4 is 5.69 Å². The second-order valence-corrected chi connectivity index (χ2v) is 7.86. The first-order valence-electron chi connectivity index (χ1n) is 9.63. The van der Waals surface area contributed by atoms with Gasteiger partial charge in [-0.15, -0.1) is 0 Å². The maximum Gasteiger partial charge on any atom is 0.160 e. The van der Waals surface area contributed by atoms with E-state index >= 15 is 0 Å². The third-order valence-electron chi connectivity index (χ3n) is 5.48. The Morgan fingerprint density at radius 2 is 2.04 bits per heavy atom. The van der Waals surface area contributed by atoms with Gasteiger partial charge in [-0.25, -0.2) is 0 Å². The van der Waals surface area contributed by atoms with Gasteiger partial charge < -0.3 is 19.9 Å². The Hall–Kier alpha value is -2.62. The zero-order chi connectivity index (χ0) is 19.0. The lowest BCUT2D eigenvalue weighted by Crippen LogP contribution is -2.29. The van der Waals surface area contributed by atoms with E-state index in [-0.39, 0.29) is 11.8 Å². The predicted molar refractivity (Wildman–Crippen MR) is 108 cm³/mol. The topological polar surface area (TPSA) is 50.7 Å². The van der Waals surface area contributed by atoms with E-state index < -0.39 is 0 Å². The van der Waals surface area contributed by atoms with E-state index in [2.05, 4.69) is 43.4 Å². The molecule has 2 N–H and O–H groups in total. The lowest BCUT2D eigenvalue weighted by Gasteiger charge is -2.37. The number of ether oxygens (including phenoxy) is 2. The molecule has 3 unspecified atom stereocenters. The van der Waals surface area contributed by atoms with Crippen LogP contribution in [0.1, 0.15) is 43.4 Å². The number of hydrogen-bond acceptors (Lipinski definition) is 4. The van der Waals surface area contributed by atoms with Gasteiger partial charge in [0.15, 0.2) is 11.5 Å². The van der Waals surface area contributed by atoms with Gasteiger partial charge >= 0.3 is 0 Å². The Morgan fingerprint density at radius 3 is 2.81 bits per heavy atom. The highest BCUT2D eigenvalue weighted by Gasteiger charge is 2.38. The van der Waals surface area contributed by atoms with Crippen LogP contribution in [0.2, 0.25) is 0 Å². The van der Waals surface area contributed by atoms with Crippen LogP contribution in [0.3, 0.4) is 0 Å². The van der Waals surface area contributed by atoms with Gasteiger partial charge in [-0.2, -0.15) is 0 Å². The number of nitrogens with one attached hydrogen (secondary N) is 1. The molecular formula is C23H27NO3. The monoisotopic (exact) mass is 365 g/mol. The summed E-state index contributed by atoms with van der Waals surface area (Å²) in [6.07, 6.45) is 5.63. The lowest BCUT2D eigenvalue weighted by molar-refractivity contribution is 0.270. The maximum absolute atomic E-state index is 9.93. The van der Waals surface area contributed by atoms with Gasteiger partial charge in [0.1, 0.15) is 5.75 Å².